The van der Waals surface area contributed by atoms with Crippen LogP contribution in [0.1, 0.15) is 31.9 Å². The van der Waals surface area contributed by atoms with Crippen molar-refractivity contribution >= 4 is 27.5 Å². The molecular formula is C31H39N3O6S. The summed E-state index contributed by atoms with van der Waals surface area (Å²) in [5.74, 6) is -0.0249. The maximum atomic E-state index is 14.1. The van der Waals surface area contributed by atoms with Crippen molar-refractivity contribution in [1.29, 1.82) is 0 Å². The summed E-state index contributed by atoms with van der Waals surface area (Å²) < 4.78 is 40.1. The van der Waals surface area contributed by atoms with Gasteiger partial charge in [-0.25, -0.2) is 8.42 Å². The first-order valence-electron chi connectivity index (χ1n) is 13.4. The highest BCUT2D eigenvalue weighted by molar-refractivity contribution is 7.92. The van der Waals surface area contributed by atoms with Gasteiger partial charge in [-0.1, -0.05) is 61.9 Å². The van der Waals surface area contributed by atoms with E-state index in [1.807, 2.05) is 51.1 Å². The Morgan fingerprint density at radius 2 is 1.56 bits per heavy atom. The Morgan fingerprint density at radius 3 is 2.15 bits per heavy atom. The standard InChI is InChI=1S/C31H39N3O6S/c1-22(2)19-32-31(36)24(4)33(20-25-10-8-7-9-11-25)30(35)21-34(28-18-26(39-5)14-17-29(28)40-6)41(37,38)27-15-12-23(3)13-16-27/h7-18,22,24H,19-21H2,1-6H3,(H,32,36). The highest BCUT2D eigenvalue weighted by Gasteiger charge is 2.34. The SMILES string of the molecule is COc1ccc(OC)c(N(CC(=O)N(Cc2ccccc2)C(C)C(=O)NCC(C)C)S(=O)(=O)c2ccc(C)cc2)c1. The maximum absolute atomic E-state index is 14.1. The summed E-state index contributed by atoms with van der Waals surface area (Å²) in [6, 6.07) is 19.5. The zero-order valence-electron chi connectivity index (χ0n) is 24.5. The minimum absolute atomic E-state index is 0.0121. The van der Waals surface area contributed by atoms with E-state index in [9.17, 15) is 18.0 Å². The molecule has 0 aliphatic rings. The zero-order chi connectivity index (χ0) is 30.2. The lowest BCUT2D eigenvalue weighted by Gasteiger charge is -2.32. The zero-order valence-corrected chi connectivity index (χ0v) is 25.3. The monoisotopic (exact) mass is 581 g/mol. The molecule has 1 N–H and O–H groups in total. The largest absolute Gasteiger partial charge is 0.497 e. The fourth-order valence-electron chi connectivity index (χ4n) is 4.16. The number of sulfonamides is 1. The van der Waals surface area contributed by atoms with Crippen LogP contribution in [0.2, 0.25) is 0 Å². The topological polar surface area (TPSA) is 105 Å². The van der Waals surface area contributed by atoms with Gasteiger partial charge in [-0.2, -0.15) is 0 Å². The summed E-state index contributed by atoms with van der Waals surface area (Å²) in [7, 11) is -1.36. The molecule has 10 heteroatoms. The van der Waals surface area contributed by atoms with E-state index in [4.69, 9.17) is 9.47 Å². The first-order chi connectivity index (χ1) is 19.5. The van der Waals surface area contributed by atoms with Crippen LogP contribution in [0.5, 0.6) is 11.5 Å². The second kappa shape index (κ2) is 14.0. The maximum Gasteiger partial charge on any atom is 0.264 e. The number of aryl methyl sites for hydroxylation is 1. The van der Waals surface area contributed by atoms with Crippen molar-refractivity contribution in [2.24, 2.45) is 5.92 Å². The highest BCUT2D eigenvalue weighted by atomic mass is 32.2. The molecule has 0 radical (unpaired) electrons. The summed E-state index contributed by atoms with van der Waals surface area (Å²) >= 11 is 0. The molecule has 0 spiro atoms. The van der Waals surface area contributed by atoms with Crippen LogP contribution in [0, 0.1) is 12.8 Å². The number of rotatable bonds is 13. The molecule has 2 amide bonds. The molecule has 220 valence electrons. The van der Waals surface area contributed by atoms with Crippen molar-refractivity contribution in [2.45, 2.75) is 45.2 Å². The molecule has 0 bridgehead atoms. The number of amides is 2. The molecule has 0 aliphatic carbocycles. The lowest BCUT2D eigenvalue weighted by atomic mass is 10.1. The van der Waals surface area contributed by atoms with Crippen LogP contribution >= 0.6 is 0 Å². The average molecular weight is 582 g/mol. The second-order valence-electron chi connectivity index (χ2n) is 10.2. The quantitative estimate of drug-likeness (QED) is 0.321. The minimum atomic E-state index is -4.25. The Bertz CT molecular complexity index is 1430. The van der Waals surface area contributed by atoms with Gasteiger partial charge in [-0.3, -0.25) is 13.9 Å². The smallest absolute Gasteiger partial charge is 0.264 e. The van der Waals surface area contributed by atoms with Crippen LogP contribution in [-0.4, -0.2) is 58.5 Å². The minimum Gasteiger partial charge on any atom is -0.497 e. The molecule has 0 saturated carbocycles. The van der Waals surface area contributed by atoms with Crippen LogP contribution in [0.15, 0.2) is 77.7 Å². The lowest BCUT2D eigenvalue weighted by molar-refractivity contribution is -0.139. The van der Waals surface area contributed by atoms with E-state index in [-0.39, 0.29) is 34.7 Å². The molecule has 3 rings (SSSR count). The van der Waals surface area contributed by atoms with E-state index in [1.165, 1.54) is 37.3 Å². The fourth-order valence-corrected chi connectivity index (χ4v) is 5.57. The summed E-state index contributed by atoms with van der Waals surface area (Å²) in [6.07, 6.45) is 0. The number of carbonyl (C=O) groups is 2. The van der Waals surface area contributed by atoms with Gasteiger partial charge < -0.3 is 19.7 Å². The third kappa shape index (κ3) is 8.00. The number of methoxy groups -OCH3 is 2. The molecule has 9 nitrogen and oxygen atoms in total. The number of carbonyl (C=O) groups excluding carboxylic acids is 2. The molecule has 41 heavy (non-hydrogen) atoms. The predicted molar refractivity (Wildman–Crippen MR) is 160 cm³/mol. The second-order valence-corrected chi connectivity index (χ2v) is 12.0. The number of nitrogens with zero attached hydrogens (tertiary/aromatic N) is 2. The number of ether oxygens (including phenoxy) is 2. The van der Waals surface area contributed by atoms with Crippen molar-refractivity contribution in [3.05, 3.63) is 83.9 Å². The van der Waals surface area contributed by atoms with Gasteiger partial charge in [0.2, 0.25) is 11.8 Å². The van der Waals surface area contributed by atoms with Crippen molar-refractivity contribution in [3.8, 4) is 11.5 Å². The molecule has 3 aromatic rings. The molecule has 0 aromatic heterocycles. The van der Waals surface area contributed by atoms with Gasteiger partial charge in [-0.15, -0.1) is 0 Å². The van der Waals surface area contributed by atoms with E-state index in [2.05, 4.69) is 5.32 Å². The van der Waals surface area contributed by atoms with Gasteiger partial charge in [0.15, 0.2) is 0 Å². The van der Waals surface area contributed by atoms with E-state index < -0.39 is 28.5 Å². The van der Waals surface area contributed by atoms with Gasteiger partial charge in [0, 0.05) is 19.2 Å². The molecule has 3 aromatic carbocycles. The van der Waals surface area contributed by atoms with Crippen LogP contribution in [-0.2, 0) is 26.2 Å². The Labute approximate surface area is 243 Å². The number of benzene rings is 3. The molecule has 0 aliphatic heterocycles. The summed E-state index contributed by atoms with van der Waals surface area (Å²) in [6.45, 7) is 7.45. The van der Waals surface area contributed by atoms with Gasteiger partial charge in [0.1, 0.15) is 24.1 Å². The van der Waals surface area contributed by atoms with Gasteiger partial charge in [-0.05, 0) is 49.6 Å². The first-order valence-corrected chi connectivity index (χ1v) is 14.8. The lowest BCUT2D eigenvalue weighted by Crippen LogP contribution is -2.51. The van der Waals surface area contributed by atoms with Crippen molar-refractivity contribution < 1.29 is 27.5 Å². The number of hydrogen-bond donors (Lipinski definition) is 1. The fraction of sp³-hybridized carbons (Fsp3) is 0.355. The third-order valence-electron chi connectivity index (χ3n) is 6.59. The van der Waals surface area contributed by atoms with Crippen LogP contribution < -0.4 is 19.1 Å². The summed E-state index contributed by atoms with van der Waals surface area (Å²) in [5, 5.41) is 2.88. The molecule has 1 unspecified atom stereocenters. The highest BCUT2D eigenvalue weighted by Crippen LogP contribution is 2.36. The summed E-state index contributed by atoms with van der Waals surface area (Å²) in [5.41, 5.74) is 1.83. The number of anilines is 1. The van der Waals surface area contributed by atoms with Gasteiger partial charge in [0.25, 0.3) is 10.0 Å². The number of nitrogens with one attached hydrogen (secondary N) is 1. The van der Waals surface area contributed by atoms with Crippen LogP contribution in [0.4, 0.5) is 5.69 Å². The summed E-state index contributed by atoms with van der Waals surface area (Å²) in [4.78, 5) is 28.6. The average Bonchev–Trinajstić information content (AvgIpc) is 2.97. The number of hydrogen-bond acceptors (Lipinski definition) is 6. The molecule has 0 fully saturated rings. The van der Waals surface area contributed by atoms with Crippen molar-refractivity contribution in [3.63, 3.8) is 0 Å². The Balaban J connectivity index is 2.09. The van der Waals surface area contributed by atoms with E-state index in [0.717, 1.165) is 15.4 Å². The van der Waals surface area contributed by atoms with Crippen LogP contribution in [0.3, 0.4) is 0 Å². The molecule has 1 atom stereocenters. The van der Waals surface area contributed by atoms with E-state index in [1.54, 1.807) is 31.2 Å². The first kappa shape index (κ1) is 31.5. The third-order valence-corrected chi connectivity index (χ3v) is 8.36. The van der Waals surface area contributed by atoms with Gasteiger partial charge in [0.05, 0.1) is 24.8 Å². The van der Waals surface area contributed by atoms with Crippen LogP contribution in [0.25, 0.3) is 0 Å². The molecule has 0 heterocycles. The Kier molecular flexibility index (Phi) is 10.8. The Hall–Kier alpha value is -4.05. The van der Waals surface area contributed by atoms with E-state index in [0.29, 0.717) is 12.3 Å². The van der Waals surface area contributed by atoms with E-state index >= 15 is 0 Å². The molecule has 0 saturated heterocycles. The predicted octanol–water partition coefficient (Wildman–Crippen LogP) is 4.40. The molecular weight excluding hydrogens is 542 g/mol. The van der Waals surface area contributed by atoms with Gasteiger partial charge >= 0.3 is 0 Å². The van der Waals surface area contributed by atoms with Crippen molar-refractivity contribution in [2.75, 3.05) is 31.6 Å². The van der Waals surface area contributed by atoms with Crippen molar-refractivity contribution in [1.82, 2.24) is 10.2 Å². The Morgan fingerprint density at radius 1 is 0.902 bits per heavy atom. The normalized spacial score (nSPS) is 12.0.